The zero-order valence-electron chi connectivity index (χ0n) is 21.7. The van der Waals surface area contributed by atoms with Crippen LogP contribution in [-0.4, -0.2) is 35.7 Å². The molecule has 2 aromatic carbocycles. The molecule has 5 aromatic rings. The summed E-state index contributed by atoms with van der Waals surface area (Å²) in [5.41, 5.74) is 2.39. The second-order valence-corrected chi connectivity index (χ2v) is 10.1. The van der Waals surface area contributed by atoms with E-state index in [0.29, 0.717) is 53.8 Å². The highest BCUT2D eigenvalue weighted by atomic mass is 19.1. The minimum Gasteiger partial charge on any atom is -0.481 e. The van der Waals surface area contributed by atoms with Gasteiger partial charge in [-0.15, -0.1) is 0 Å². The van der Waals surface area contributed by atoms with Crippen LogP contribution in [0.5, 0.6) is 0 Å². The van der Waals surface area contributed by atoms with Crippen molar-refractivity contribution in [3.05, 3.63) is 106 Å². The Balaban J connectivity index is 1.36. The third-order valence-corrected chi connectivity index (χ3v) is 7.17. The maximum Gasteiger partial charge on any atom is 0.303 e. The van der Waals surface area contributed by atoms with E-state index in [4.69, 9.17) is 14.9 Å². The first kappa shape index (κ1) is 25.4. The summed E-state index contributed by atoms with van der Waals surface area (Å²) in [6.07, 6.45) is 5.60. The van der Waals surface area contributed by atoms with Gasteiger partial charge in [0.2, 0.25) is 0 Å². The van der Waals surface area contributed by atoms with Gasteiger partial charge in [0.15, 0.2) is 11.4 Å². The van der Waals surface area contributed by atoms with E-state index in [-0.39, 0.29) is 12.0 Å². The first-order valence-electron chi connectivity index (χ1n) is 13.0. The van der Waals surface area contributed by atoms with E-state index in [9.17, 15) is 14.0 Å². The number of pyridine rings is 1. The van der Waals surface area contributed by atoms with Crippen molar-refractivity contribution in [3.8, 4) is 5.69 Å². The van der Waals surface area contributed by atoms with Crippen molar-refractivity contribution in [2.75, 3.05) is 0 Å². The smallest absolute Gasteiger partial charge is 0.303 e. The number of hydrogen-bond acceptors (Lipinski definition) is 6. The fourth-order valence-corrected chi connectivity index (χ4v) is 5.14. The standard InChI is InChI=1S/C30H26FN5O4/c1-30(29-32-18-22-6-4-5-15-35(22)29)17-25(34-40-30)19-9-14-23-24(16-19)33-26(7-2-3-8-27(37)38)36(28(23)39)21-12-10-20(31)11-13-21/h4-6,9-16,18H,2-3,7-8,17H2,1H3,(H,37,38). The minimum absolute atomic E-state index is 0.0307. The number of carboxylic acid groups (broad SMARTS) is 1. The lowest BCUT2D eigenvalue weighted by molar-refractivity contribution is -0.137. The third kappa shape index (κ3) is 4.61. The Kier molecular flexibility index (Phi) is 6.37. The van der Waals surface area contributed by atoms with Crippen LogP contribution >= 0.6 is 0 Å². The number of aromatic nitrogens is 4. The zero-order chi connectivity index (χ0) is 27.9. The van der Waals surface area contributed by atoms with Gasteiger partial charge in [0.05, 0.1) is 34.0 Å². The number of hydrogen-bond donors (Lipinski definition) is 1. The highest BCUT2D eigenvalue weighted by Gasteiger charge is 2.40. The molecule has 0 saturated carbocycles. The van der Waals surface area contributed by atoms with Gasteiger partial charge in [-0.2, -0.15) is 0 Å². The van der Waals surface area contributed by atoms with Gasteiger partial charge in [-0.1, -0.05) is 17.3 Å². The lowest BCUT2D eigenvalue weighted by atomic mass is 9.94. The van der Waals surface area contributed by atoms with Crippen LogP contribution in [0.15, 0.2) is 83.0 Å². The third-order valence-electron chi connectivity index (χ3n) is 7.17. The van der Waals surface area contributed by atoms with Crippen molar-refractivity contribution in [1.29, 1.82) is 0 Å². The minimum atomic E-state index is -0.873. The molecule has 9 nitrogen and oxygen atoms in total. The molecular weight excluding hydrogens is 513 g/mol. The van der Waals surface area contributed by atoms with Gasteiger partial charge < -0.3 is 14.3 Å². The second kappa shape index (κ2) is 10.0. The van der Waals surface area contributed by atoms with Crippen LogP contribution in [0.1, 0.15) is 49.8 Å². The predicted octanol–water partition coefficient (Wildman–Crippen LogP) is 5.01. The summed E-state index contributed by atoms with van der Waals surface area (Å²) in [6.45, 7) is 1.95. The van der Waals surface area contributed by atoms with Crippen molar-refractivity contribution >= 4 is 28.1 Å². The molecule has 3 aromatic heterocycles. The largest absolute Gasteiger partial charge is 0.481 e. The molecule has 0 radical (unpaired) electrons. The quantitative estimate of drug-likeness (QED) is 0.278. The maximum atomic E-state index is 13.7. The molecule has 40 heavy (non-hydrogen) atoms. The molecule has 0 bridgehead atoms. The Bertz CT molecular complexity index is 1840. The number of unbranched alkanes of at least 4 members (excludes halogenated alkanes) is 1. The van der Waals surface area contributed by atoms with E-state index in [2.05, 4.69) is 10.1 Å². The SMILES string of the molecule is CC1(c2ncc3ccccn23)CC(c2ccc3c(=O)n(-c4ccc(F)cc4)c(CCCCC(=O)O)nc3c2)=NO1. The Morgan fingerprint density at radius 3 is 2.75 bits per heavy atom. The van der Waals surface area contributed by atoms with Crippen molar-refractivity contribution in [2.24, 2.45) is 5.16 Å². The van der Waals surface area contributed by atoms with E-state index >= 15 is 0 Å². The molecule has 0 fully saturated rings. The van der Waals surface area contributed by atoms with Crippen molar-refractivity contribution in [3.63, 3.8) is 0 Å². The van der Waals surface area contributed by atoms with Gasteiger partial charge in [-0.3, -0.25) is 14.2 Å². The highest BCUT2D eigenvalue weighted by Crippen LogP contribution is 2.36. The summed E-state index contributed by atoms with van der Waals surface area (Å²) >= 11 is 0. The van der Waals surface area contributed by atoms with Crippen molar-refractivity contribution in [1.82, 2.24) is 18.9 Å². The van der Waals surface area contributed by atoms with Gasteiger partial charge in [-0.05, 0) is 68.3 Å². The molecule has 1 aliphatic rings. The second-order valence-electron chi connectivity index (χ2n) is 10.1. The lowest BCUT2D eigenvalue weighted by Gasteiger charge is -2.20. The van der Waals surface area contributed by atoms with Crippen LogP contribution in [-0.2, 0) is 21.7 Å². The van der Waals surface area contributed by atoms with E-state index in [1.165, 1.54) is 28.8 Å². The van der Waals surface area contributed by atoms with E-state index in [1.54, 1.807) is 12.3 Å². The molecule has 1 unspecified atom stereocenters. The monoisotopic (exact) mass is 539 g/mol. The average molecular weight is 540 g/mol. The fourth-order valence-electron chi connectivity index (χ4n) is 5.14. The Morgan fingerprint density at radius 2 is 1.95 bits per heavy atom. The van der Waals surface area contributed by atoms with Gasteiger partial charge in [0.1, 0.15) is 11.6 Å². The maximum absolute atomic E-state index is 13.7. The predicted molar refractivity (Wildman–Crippen MR) is 147 cm³/mol. The summed E-state index contributed by atoms with van der Waals surface area (Å²) in [6, 6.07) is 16.9. The number of fused-ring (bicyclic) bond motifs is 2. The number of benzene rings is 2. The molecule has 1 N–H and O–H groups in total. The molecule has 0 spiro atoms. The number of carboxylic acids is 1. The molecule has 6 rings (SSSR count). The first-order chi connectivity index (χ1) is 19.3. The van der Waals surface area contributed by atoms with E-state index < -0.39 is 17.4 Å². The number of oxime groups is 1. The molecule has 0 amide bonds. The number of rotatable bonds is 8. The zero-order valence-corrected chi connectivity index (χ0v) is 21.7. The number of imidazole rings is 1. The molecule has 4 heterocycles. The number of carbonyl (C=O) groups is 1. The number of halogens is 1. The molecule has 10 heteroatoms. The molecule has 0 saturated heterocycles. The van der Waals surface area contributed by atoms with E-state index in [0.717, 1.165) is 16.9 Å². The summed E-state index contributed by atoms with van der Waals surface area (Å²) in [7, 11) is 0. The number of aryl methyl sites for hydroxylation is 1. The van der Waals surface area contributed by atoms with Crippen LogP contribution in [0.25, 0.3) is 22.1 Å². The lowest BCUT2D eigenvalue weighted by Crippen LogP contribution is -2.25. The molecule has 1 atom stereocenters. The van der Waals surface area contributed by atoms with E-state index in [1.807, 2.05) is 47.9 Å². The van der Waals surface area contributed by atoms with Crippen molar-refractivity contribution < 1.29 is 19.1 Å². The van der Waals surface area contributed by atoms with Gasteiger partial charge >= 0.3 is 5.97 Å². The number of nitrogens with zero attached hydrogens (tertiary/aromatic N) is 5. The van der Waals surface area contributed by atoms with Crippen molar-refractivity contribution in [2.45, 2.75) is 44.6 Å². The van der Waals surface area contributed by atoms with Crippen LogP contribution in [0.4, 0.5) is 4.39 Å². The summed E-state index contributed by atoms with van der Waals surface area (Å²) in [5.74, 6) is -0.0633. The molecular formula is C30H26FN5O4. The fraction of sp³-hybridized carbons (Fsp3) is 0.233. The Labute approximate surface area is 228 Å². The summed E-state index contributed by atoms with van der Waals surface area (Å²) < 4.78 is 17.1. The van der Waals surface area contributed by atoms with Crippen LogP contribution < -0.4 is 5.56 Å². The van der Waals surface area contributed by atoms with Crippen LogP contribution in [0.3, 0.4) is 0 Å². The van der Waals surface area contributed by atoms with Gasteiger partial charge in [0.25, 0.3) is 5.56 Å². The normalized spacial score (nSPS) is 16.8. The summed E-state index contributed by atoms with van der Waals surface area (Å²) in [5, 5.41) is 13.8. The molecule has 1 aliphatic heterocycles. The van der Waals surface area contributed by atoms with Gasteiger partial charge in [-0.25, -0.2) is 14.4 Å². The molecule has 202 valence electrons. The summed E-state index contributed by atoms with van der Waals surface area (Å²) in [4.78, 5) is 40.0. The average Bonchev–Trinajstić information content (AvgIpc) is 3.56. The van der Waals surface area contributed by atoms with Crippen LogP contribution in [0, 0.1) is 5.82 Å². The topological polar surface area (TPSA) is 111 Å². The first-order valence-corrected chi connectivity index (χ1v) is 13.0. The molecule has 0 aliphatic carbocycles. The van der Waals surface area contributed by atoms with Crippen LogP contribution in [0.2, 0.25) is 0 Å². The highest BCUT2D eigenvalue weighted by molar-refractivity contribution is 6.03. The Hall–Kier alpha value is -4.86. The Morgan fingerprint density at radius 1 is 1.12 bits per heavy atom. The number of aliphatic carboxylic acids is 1. The van der Waals surface area contributed by atoms with Gasteiger partial charge in [0, 0.05) is 31.0 Å².